The quantitative estimate of drug-likeness (QED) is 0.840. The smallest absolute Gasteiger partial charge is 0.274 e. The second kappa shape index (κ2) is 6.82. The number of aryl methyl sites for hydroxylation is 1. The Hall–Kier alpha value is -2.43. The molecule has 0 spiro atoms. The fraction of sp³-hybridized carbons (Fsp3) is 0.450. The molecular weight excluding hydrogens is 314 g/mol. The van der Waals surface area contributed by atoms with E-state index in [0.29, 0.717) is 18.8 Å². The molecule has 0 bridgehead atoms. The fourth-order valence-electron chi connectivity index (χ4n) is 3.56. The van der Waals surface area contributed by atoms with Gasteiger partial charge in [0.15, 0.2) is 0 Å². The molecule has 1 aromatic carbocycles. The molecule has 1 aromatic heterocycles. The van der Waals surface area contributed by atoms with E-state index in [1.807, 2.05) is 23.1 Å². The summed E-state index contributed by atoms with van der Waals surface area (Å²) in [7, 11) is 0. The van der Waals surface area contributed by atoms with E-state index < -0.39 is 0 Å². The highest BCUT2D eigenvalue weighted by molar-refractivity contribution is 5.93. The summed E-state index contributed by atoms with van der Waals surface area (Å²) in [5.41, 5.74) is 1.33. The van der Waals surface area contributed by atoms with E-state index in [2.05, 4.69) is 38.0 Å². The molecule has 1 saturated heterocycles. The van der Waals surface area contributed by atoms with Crippen LogP contribution in [0.2, 0.25) is 0 Å². The predicted molar refractivity (Wildman–Crippen MR) is 97.4 cm³/mol. The van der Waals surface area contributed by atoms with E-state index in [1.54, 1.807) is 6.07 Å². The summed E-state index contributed by atoms with van der Waals surface area (Å²) in [6, 6.07) is 13.1. The number of carbonyl (C=O) groups is 1. The third-order valence-corrected chi connectivity index (χ3v) is 4.82. The minimum atomic E-state index is -0.159. The lowest BCUT2D eigenvalue weighted by Gasteiger charge is -2.54. The highest BCUT2D eigenvalue weighted by atomic mass is 16.2. The van der Waals surface area contributed by atoms with Crippen molar-refractivity contribution in [2.24, 2.45) is 5.41 Å². The Morgan fingerprint density at radius 3 is 2.56 bits per heavy atom. The molecule has 2 heterocycles. The summed E-state index contributed by atoms with van der Waals surface area (Å²) in [5.74, 6) is -0.113. The number of carbonyl (C=O) groups excluding carboxylic acids is 1. The number of nitrogens with zero attached hydrogens (tertiary/aromatic N) is 3. The van der Waals surface area contributed by atoms with Crippen molar-refractivity contribution in [3.05, 3.63) is 64.1 Å². The zero-order chi connectivity index (χ0) is 18.0. The van der Waals surface area contributed by atoms with Crippen molar-refractivity contribution in [3.63, 3.8) is 0 Å². The van der Waals surface area contributed by atoms with Gasteiger partial charge in [-0.1, -0.05) is 57.5 Å². The Kier molecular flexibility index (Phi) is 4.75. The standard InChI is InChI=1S/C20H25N3O2/c1-4-5-13-23-17(24)12-11-16(21-23)19(25)22-14-20(2,3)18(22)15-9-7-6-8-10-15/h6-12,18H,4-5,13-14H2,1-3H3/t18-/m1/s1. The van der Waals surface area contributed by atoms with Crippen LogP contribution in [0.5, 0.6) is 0 Å². The molecule has 0 unspecified atom stereocenters. The first-order chi connectivity index (χ1) is 11.9. The van der Waals surface area contributed by atoms with Gasteiger partial charge in [-0.2, -0.15) is 5.10 Å². The fourth-order valence-corrected chi connectivity index (χ4v) is 3.56. The number of likely N-dealkylation sites (tertiary alicyclic amines) is 1. The molecule has 5 nitrogen and oxygen atoms in total. The number of amides is 1. The Morgan fingerprint density at radius 1 is 1.20 bits per heavy atom. The average molecular weight is 339 g/mol. The zero-order valence-electron chi connectivity index (χ0n) is 15.1. The van der Waals surface area contributed by atoms with Crippen LogP contribution >= 0.6 is 0 Å². The molecule has 1 fully saturated rings. The average Bonchev–Trinajstić information content (AvgIpc) is 2.59. The van der Waals surface area contributed by atoms with Crippen molar-refractivity contribution in [1.82, 2.24) is 14.7 Å². The Labute approximate surface area is 148 Å². The van der Waals surface area contributed by atoms with E-state index in [9.17, 15) is 9.59 Å². The van der Waals surface area contributed by atoms with Crippen LogP contribution < -0.4 is 5.56 Å². The van der Waals surface area contributed by atoms with Crippen LogP contribution in [0.3, 0.4) is 0 Å². The molecule has 5 heteroatoms. The van der Waals surface area contributed by atoms with E-state index in [1.165, 1.54) is 10.7 Å². The second-order valence-corrected chi connectivity index (χ2v) is 7.37. The number of benzene rings is 1. The van der Waals surface area contributed by atoms with E-state index >= 15 is 0 Å². The van der Waals surface area contributed by atoms with Gasteiger partial charge in [0.1, 0.15) is 5.69 Å². The monoisotopic (exact) mass is 339 g/mol. The normalized spacial score (nSPS) is 18.7. The summed E-state index contributed by atoms with van der Waals surface area (Å²) in [6.07, 6.45) is 1.84. The molecule has 25 heavy (non-hydrogen) atoms. The first kappa shape index (κ1) is 17.4. The minimum absolute atomic E-state index is 0.0215. The van der Waals surface area contributed by atoms with Crippen LogP contribution in [0.1, 0.15) is 55.7 Å². The molecule has 0 N–H and O–H groups in total. The number of unbranched alkanes of at least 4 members (excludes halogenated alkanes) is 1. The van der Waals surface area contributed by atoms with Gasteiger partial charge in [0.05, 0.1) is 6.04 Å². The van der Waals surface area contributed by atoms with Gasteiger partial charge in [0.25, 0.3) is 11.5 Å². The van der Waals surface area contributed by atoms with Crippen LogP contribution in [0.25, 0.3) is 0 Å². The lowest BCUT2D eigenvalue weighted by molar-refractivity contribution is -0.0328. The van der Waals surface area contributed by atoms with Crippen molar-refractivity contribution in [1.29, 1.82) is 0 Å². The van der Waals surface area contributed by atoms with Gasteiger partial charge < -0.3 is 4.90 Å². The van der Waals surface area contributed by atoms with Crippen LogP contribution in [-0.4, -0.2) is 27.1 Å². The molecule has 0 radical (unpaired) electrons. The summed E-state index contributed by atoms with van der Waals surface area (Å²) in [6.45, 7) is 7.63. The Balaban J connectivity index is 1.87. The highest BCUT2D eigenvalue weighted by Gasteiger charge is 2.49. The van der Waals surface area contributed by atoms with Crippen molar-refractivity contribution in [3.8, 4) is 0 Å². The number of hydrogen-bond donors (Lipinski definition) is 0. The Morgan fingerprint density at radius 2 is 1.92 bits per heavy atom. The summed E-state index contributed by atoms with van der Waals surface area (Å²) < 4.78 is 1.40. The molecule has 0 saturated carbocycles. The molecule has 1 atom stereocenters. The number of hydrogen-bond acceptors (Lipinski definition) is 3. The first-order valence-corrected chi connectivity index (χ1v) is 8.88. The molecule has 2 aromatic rings. The van der Waals surface area contributed by atoms with Gasteiger partial charge in [-0.05, 0) is 18.1 Å². The summed E-state index contributed by atoms with van der Waals surface area (Å²) in [4.78, 5) is 26.8. The van der Waals surface area contributed by atoms with Gasteiger partial charge in [-0.25, -0.2) is 4.68 Å². The van der Waals surface area contributed by atoms with Gasteiger partial charge in [0.2, 0.25) is 0 Å². The number of rotatable bonds is 5. The maximum Gasteiger partial charge on any atom is 0.274 e. The second-order valence-electron chi connectivity index (χ2n) is 7.37. The first-order valence-electron chi connectivity index (χ1n) is 8.88. The van der Waals surface area contributed by atoms with Crippen molar-refractivity contribution >= 4 is 5.91 Å². The maximum absolute atomic E-state index is 13.0. The predicted octanol–water partition coefficient (Wildman–Crippen LogP) is 3.27. The molecule has 3 rings (SSSR count). The molecule has 0 aliphatic carbocycles. The zero-order valence-corrected chi connectivity index (χ0v) is 15.1. The summed E-state index contributed by atoms with van der Waals surface area (Å²) >= 11 is 0. The van der Waals surface area contributed by atoms with Crippen molar-refractivity contribution in [2.45, 2.75) is 46.2 Å². The van der Waals surface area contributed by atoms with Crippen LogP contribution in [0.4, 0.5) is 0 Å². The lowest BCUT2D eigenvalue weighted by atomic mass is 9.71. The Bertz CT molecular complexity index is 811. The molecule has 1 aliphatic heterocycles. The van der Waals surface area contributed by atoms with Crippen LogP contribution in [0, 0.1) is 5.41 Å². The summed E-state index contributed by atoms with van der Waals surface area (Å²) in [5, 5.41) is 4.30. The third-order valence-electron chi connectivity index (χ3n) is 4.82. The molecule has 1 amide bonds. The molecule has 132 valence electrons. The van der Waals surface area contributed by atoms with Gasteiger partial charge in [-0.15, -0.1) is 0 Å². The molecular formula is C20H25N3O2. The van der Waals surface area contributed by atoms with E-state index in [-0.39, 0.29) is 22.9 Å². The minimum Gasteiger partial charge on any atom is -0.329 e. The molecule has 1 aliphatic rings. The largest absolute Gasteiger partial charge is 0.329 e. The third kappa shape index (κ3) is 3.36. The highest BCUT2D eigenvalue weighted by Crippen LogP contribution is 2.48. The van der Waals surface area contributed by atoms with Crippen LogP contribution in [-0.2, 0) is 6.54 Å². The van der Waals surface area contributed by atoms with Crippen LogP contribution in [0.15, 0.2) is 47.3 Å². The topological polar surface area (TPSA) is 55.2 Å². The van der Waals surface area contributed by atoms with E-state index in [4.69, 9.17) is 0 Å². The van der Waals surface area contributed by atoms with Crippen molar-refractivity contribution in [2.75, 3.05) is 6.54 Å². The number of aromatic nitrogens is 2. The van der Waals surface area contributed by atoms with Crippen molar-refractivity contribution < 1.29 is 4.79 Å². The maximum atomic E-state index is 13.0. The SMILES string of the molecule is CCCCn1nc(C(=O)N2CC(C)(C)[C@H]2c2ccccc2)ccc1=O. The van der Waals surface area contributed by atoms with Gasteiger partial charge in [-0.3, -0.25) is 9.59 Å². The lowest BCUT2D eigenvalue weighted by Crippen LogP contribution is -2.58. The van der Waals surface area contributed by atoms with Gasteiger partial charge >= 0.3 is 0 Å². The van der Waals surface area contributed by atoms with Gasteiger partial charge in [0, 0.05) is 24.6 Å². The van der Waals surface area contributed by atoms with E-state index in [0.717, 1.165) is 18.4 Å².